The summed E-state index contributed by atoms with van der Waals surface area (Å²) in [4.78, 5) is 4.99. The Morgan fingerprint density at radius 2 is 1.93 bits per heavy atom. The molecule has 1 aromatic heterocycles. The molecular weight excluding hydrogens is 400 g/mol. The van der Waals surface area contributed by atoms with Crippen LogP contribution >= 0.6 is 11.3 Å². The van der Waals surface area contributed by atoms with E-state index in [1.807, 2.05) is 5.38 Å². The average Bonchev–Trinajstić information content (AvgIpc) is 3.08. The lowest BCUT2D eigenvalue weighted by Gasteiger charge is -2.07. The second kappa shape index (κ2) is 9.16. The van der Waals surface area contributed by atoms with Gasteiger partial charge in [0.25, 0.3) is 0 Å². The predicted molar refractivity (Wildman–Crippen MR) is 108 cm³/mol. The Labute approximate surface area is 169 Å². The smallest absolute Gasteiger partial charge is 0.387 e. The lowest BCUT2D eigenvalue weighted by Crippen LogP contribution is -2.12. The van der Waals surface area contributed by atoms with Gasteiger partial charge in [-0.05, 0) is 36.4 Å². The molecule has 0 aliphatic carbocycles. The third kappa shape index (κ3) is 5.08. The van der Waals surface area contributed by atoms with Gasteiger partial charge in [-0.2, -0.15) is 13.9 Å². The van der Waals surface area contributed by atoms with Gasteiger partial charge in [-0.3, -0.25) is 4.99 Å². The van der Waals surface area contributed by atoms with Crippen LogP contribution in [0.25, 0.3) is 11.3 Å². The molecule has 0 spiro atoms. The normalized spacial score (nSPS) is 12.0. The summed E-state index contributed by atoms with van der Waals surface area (Å²) in [6.07, 6.45) is 3.09. The lowest BCUT2D eigenvalue weighted by atomic mass is 10.2. The van der Waals surface area contributed by atoms with Crippen molar-refractivity contribution in [1.82, 2.24) is 4.68 Å². The molecule has 3 rings (SSSR count). The standard InChI is InChI=1S/C20H17F2N3O3S/c1-2-9-23-20-25(24-11-14-3-6-15(26)10-18(14)27)17(12-29-20)13-4-7-16(8-5-13)28-19(21)22/h2-8,10-12,19,26-27H,1,9H2/b23-20?,24-11+. The van der Waals surface area contributed by atoms with Crippen molar-refractivity contribution in [2.75, 3.05) is 6.54 Å². The van der Waals surface area contributed by atoms with E-state index in [4.69, 9.17) is 0 Å². The first-order chi connectivity index (χ1) is 14.0. The van der Waals surface area contributed by atoms with Crippen LogP contribution in [0.2, 0.25) is 0 Å². The predicted octanol–water partition coefficient (Wildman–Crippen LogP) is 4.20. The summed E-state index contributed by atoms with van der Waals surface area (Å²) in [7, 11) is 0. The summed E-state index contributed by atoms with van der Waals surface area (Å²) >= 11 is 1.35. The maximum absolute atomic E-state index is 12.3. The molecule has 0 saturated carbocycles. The van der Waals surface area contributed by atoms with E-state index in [2.05, 4.69) is 21.4 Å². The summed E-state index contributed by atoms with van der Waals surface area (Å²) in [6.45, 7) is 1.15. The molecule has 0 aliphatic rings. The minimum absolute atomic E-state index is 0.0552. The number of nitrogens with zero attached hydrogens (tertiary/aromatic N) is 3. The average molecular weight is 417 g/mol. The van der Waals surface area contributed by atoms with Gasteiger partial charge in [-0.25, -0.2) is 4.68 Å². The molecule has 150 valence electrons. The second-order valence-corrected chi connectivity index (χ2v) is 6.57. The van der Waals surface area contributed by atoms with Gasteiger partial charge in [0.1, 0.15) is 17.2 Å². The Morgan fingerprint density at radius 3 is 2.59 bits per heavy atom. The number of aromatic nitrogens is 1. The van der Waals surface area contributed by atoms with Crippen LogP contribution in [0, 0.1) is 0 Å². The van der Waals surface area contributed by atoms with Crippen molar-refractivity contribution in [1.29, 1.82) is 0 Å². The number of hydrogen-bond donors (Lipinski definition) is 2. The maximum Gasteiger partial charge on any atom is 0.387 e. The van der Waals surface area contributed by atoms with Crippen LogP contribution in [0.3, 0.4) is 0 Å². The number of alkyl halides is 2. The highest BCUT2D eigenvalue weighted by atomic mass is 32.1. The summed E-state index contributed by atoms with van der Waals surface area (Å²) in [6, 6.07) is 10.3. The zero-order valence-corrected chi connectivity index (χ0v) is 15.9. The van der Waals surface area contributed by atoms with Crippen molar-refractivity contribution in [2.45, 2.75) is 6.61 Å². The highest BCUT2D eigenvalue weighted by Gasteiger charge is 2.10. The molecule has 0 radical (unpaired) electrons. The molecule has 9 heteroatoms. The van der Waals surface area contributed by atoms with Crippen molar-refractivity contribution in [3.63, 3.8) is 0 Å². The largest absolute Gasteiger partial charge is 0.508 e. The number of ether oxygens (including phenoxy) is 1. The minimum Gasteiger partial charge on any atom is -0.508 e. The van der Waals surface area contributed by atoms with Crippen LogP contribution in [-0.4, -0.2) is 34.3 Å². The van der Waals surface area contributed by atoms with E-state index < -0.39 is 6.61 Å². The first-order valence-corrected chi connectivity index (χ1v) is 9.29. The molecule has 29 heavy (non-hydrogen) atoms. The van der Waals surface area contributed by atoms with E-state index in [-0.39, 0.29) is 17.2 Å². The highest BCUT2D eigenvalue weighted by molar-refractivity contribution is 7.07. The van der Waals surface area contributed by atoms with Gasteiger partial charge in [-0.15, -0.1) is 17.9 Å². The molecule has 0 saturated heterocycles. The molecule has 6 nitrogen and oxygen atoms in total. The van der Waals surface area contributed by atoms with E-state index in [0.29, 0.717) is 22.6 Å². The number of rotatable bonds is 7. The number of thiazole rings is 1. The molecular formula is C20H17F2N3O3S. The molecule has 0 fully saturated rings. The Kier molecular flexibility index (Phi) is 6.40. The molecule has 0 unspecified atom stereocenters. The monoisotopic (exact) mass is 417 g/mol. The molecule has 0 bridgehead atoms. The van der Waals surface area contributed by atoms with E-state index in [1.54, 1.807) is 22.9 Å². The second-order valence-electron chi connectivity index (χ2n) is 5.74. The van der Waals surface area contributed by atoms with E-state index in [0.717, 1.165) is 5.56 Å². The fourth-order valence-corrected chi connectivity index (χ4v) is 3.28. The van der Waals surface area contributed by atoms with E-state index in [9.17, 15) is 19.0 Å². The Hall–Kier alpha value is -3.46. The lowest BCUT2D eigenvalue weighted by molar-refractivity contribution is -0.0498. The fraction of sp³-hybridized carbons (Fsp3) is 0.100. The van der Waals surface area contributed by atoms with Crippen molar-refractivity contribution in [3.05, 3.63) is 70.9 Å². The quantitative estimate of drug-likeness (QED) is 0.447. The van der Waals surface area contributed by atoms with Crippen LogP contribution in [0.4, 0.5) is 8.78 Å². The zero-order chi connectivity index (χ0) is 20.8. The van der Waals surface area contributed by atoms with Crippen LogP contribution in [0.1, 0.15) is 5.56 Å². The maximum atomic E-state index is 12.3. The molecule has 0 amide bonds. The molecule has 2 N–H and O–H groups in total. The molecule has 1 heterocycles. The Balaban J connectivity index is 2.01. The van der Waals surface area contributed by atoms with Crippen molar-refractivity contribution in [2.24, 2.45) is 10.1 Å². The molecule has 0 aliphatic heterocycles. The van der Waals surface area contributed by atoms with Crippen molar-refractivity contribution in [3.8, 4) is 28.5 Å². The molecule has 3 aromatic rings. The first kappa shape index (κ1) is 20.3. The van der Waals surface area contributed by atoms with Crippen LogP contribution in [0.5, 0.6) is 17.2 Å². The highest BCUT2D eigenvalue weighted by Crippen LogP contribution is 2.25. The van der Waals surface area contributed by atoms with Gasteiger partial charge in [-0.1, -0.05) is 6.08 Å². The van der Waals surface area contributed by atoms with Gasteiger partial charge < -0.3 is 14.9 Å². The van der Waals surface area contributed by atoms with Crippen molar-refractivity contribution >= 4 is 17.6 Å². The summed E-state index contributed by atoms with van der Waals surface area (Å²) < 4.78 is 30.6. The van der Waals surface area contributed by atoms with Gasteiger partial charge in [0.15, 0.2) is 0 Å². The van der Waals surface area contributed by atoms with Crippen LogP contribution < -0.4 is 9.54 Å². The van der Waals surface area contributed by atoms with Crippen LogP contribution in [-0.2, 0) is 0 Å². The van der Waals surface area contributed by atoms with Gasteiger partial charge in [0.05, 0.1) is 18.5 Å². The summed E-state index contributed by atoms with van der Waals surface area (Å²) in [5, 5.41) is 25.6. The number of hydrogen-bond acceptors (Lipinski definition) is 6. The Bertz CT molecular complexity index is 1090. The number of benzene rings is 2. The number of aromatic hydroxyl groups is 2. The minimum atomic E-state index is -2.89. The van der Waals surface area contributed by atoms with E-state index in [1.165, 1.54) is 47.9 Å². The van der Waals surface area contributed by atoms with Gasteiger partial charge in [0, 0.05) is 22.6 Å². The van der Waals surface area contributed by atoms with Gasteiger partial charge in [0.2, 0.25) is 4.80 Å². The zero-order valence-electron chi connectivity index (χ0n) is 15.1. The SMILES string of the molecule is C=CCN=c1scc(-c2ccc(OC(F)F)cc2)n1/N=C/c1ccc(O)cc1O. The first-order valence-electron chi connectivity index (χ1n) is 8.41. The third-order valence-electron chi connectivity index (χ3n) is 3.74. The summed E-state index contributed by atoms with van der Waals surface area (Å²) in [5.74, 6) is -0.125. The van der Waals surface area contributed by atoms with Crippen molar-refractivity contribution < 1.29 is 23.7 Å². The molecule has 2 aromatic carbocycles. The van der Waals surface area contributed by atoms with E-state index >= 15 is 0 Å². The molecule has 0 atom stereocenters. The number of phenolic OH excluding ortho intramolecular Hbond substituents is 2. The topological polar surface area (TPSA) is 79.3 Å². The van der Waals surface area contributed by atoms with Crippen LogP contribution in [0.15, 0.2) is 70.6 Å². The Morgan fingerprint density at radius 1 is 1.17 bits per heavy atom. The third-order valence-corrected chi connectivity index (χ3v) is 4.60. The fourth-order valence-electron chi connectivity index (χ4n) is 2.43. The number of halogens is 2. The number of phenols is 2. The van der Waals surface area contributed by atoms with Gasteiger partial charge >= 0.3 is 6.61 Å². The summed E-state index contributed by atoms with van der Waals surface area (Å²) in [5.41, 5.74) is 1.80.